The predicted octanol–water partition coefficient (Wildman–Crippen LogP) is 1.47. The van der Waals surface area contributed by atoms with Gasteiger partial charge in [0.25, 0.3) is 10.0 Å². The molecule has 0 aliphatic heterocycles. The highest BCUT2D eigenvalue weighted by Crippen LogP contribution is 2.27. The predicted molar refractivity (Wildman–Crippen MR) is 77.8 cm³/mol. The van der Waals surface area contributed by atoms with E-state index in [2.05, 4.69) is 22.4 Å². The monoisotopic (exact) mass is 300 g/mol. The Morgan fingerprint density at radius 2 is 2.15 bits per heavy atom. The van der Waals surface area contributed by atoms with Crippen LogP contribution < -0.4 is 5.32 Å². The Bertz CT molecular complexity index is 520. The summed E-state index contributed by atoms with van der Waals surface area (Å²) in [6.45, 7) is 3.47. The highest BCUT2D eigenvalue weighted by Gasteiger charge is 2.32. The second-order valence-corrected chi connectivity index (χ2v) is 7.30. The maximum atomic E-state index is 12.7. The van der Waals surface area contributed by atoms with Crippen LogP contribution in [0.3, 0.4) is 0 Å². The summed E-state index contributed by atoms with van der Waals surface area (Å²) in [5, 5.41) is 10.0. The van der Waals surface area contributed by atoms with Gasteiger partial charge in [-0.05, 0) is 25.8 Å². The van der Waals surface area contributed by atoms with Crippen molar-refractivity contribution in [2.45, 2.75) is 56.6 Å². The largest absolute Gasteiger partial charge is 0.313 e. The number of nitrogens with one attached hydrogen (secondary N) is 2. The molecule has 1 aliphatic carbocycles. The van der Waals surface area contributed by atoms with Crippen LogP contribution in [0.1, 0.15) is 44.6 Å². The van der Waals surface area contributed by atoms with Crippen molar-refractivity contribution >= 4 is 10.0 Å². The van der Waals surface area contributed by atoms with Crippen molar-refractivity contribution in [1.29, 1.82) is 0 Å². The van der Waals surface area contributed by atoms with Crippen molar-refractivity contribution in [2.24, 2.45) is 0 Å². The number of hydrogen-bond acceptors (Lipinski definition) is 4. The Labute approximate surface area is 121 Å². The summed E-state index contributed by atoms with van der Waals surface area (Å²) in [6, 6.07) is 0.125. The van der Waals surface area contributed by atoms with Gasteiger partial charge in [0.15, 0.2) is 5.03 Å². The molecule has 0 atom stereocenters. The molecule has 0 bridgehead atoms. The lowest BCUT2D eigenvalue weighted by molar-refractivity contribution is 0.371. The lowest BCUT2D eigenvalue weighted by atomic mass is 10.3. The van der Waals surface area contributed by atoms with Crippen molar-refractivity contribution in [2.75, 3.05) is 13.6 Å². The van der Waals surface area contributed by atoms with E-state index in [1.54, 1.807) is 13.2 Å². The molecule has 0 saturated heterocycles. The first kappa shape index (κ1) is 15.5. The lowest BCUT2D eigenvalue weighted by Gasteiger charge is -2.23. The van der Waals surface area contributed by atoms with Gasteiger partial charge in [0.2, 0.25) is 0 Å². The highest BCUT2D eigenvalue weighted by molar-refractivity contribution is 7.89. The molecule has 0 unspecified atom stereocenters. The topological polar surface area (TPSA) is 78.1 Å². The summed E-state index contributed by atoms with van der Waals surface area (Å²) in [7, 11) is -1.80. The fraction of sp³-hybridized carbons (Fsp3) is 0.769. The molecule has 1 aliphatic rings. The zero-order chi connectivity index (χ0) is 14.6. The van der Waals surface area contributed by atoms with Crippen LogP contribution in [-0.4, -0.2) is 42.6 Å². The lowest BCUT2D eigenvalue weighted by Crippen LogP contribution is -2.36. The highest BCUT2D eigenvalue weighted by atomic mass is 32.2. The van der Waals surface area contributed by atoms with Crippen molar-refractivity contribution in [3.8, 4) is 0 Å². The number of aromatic nitrogens is 2. The summed E-state index contributed by atoms with van der Waals surface area (Å²) < 4.78 is 26.8. The molecule has 7 heteroatoms. The smallest absolute Gasteiger partial charge is 0.260 e. The third-order valence-corrected chi connectivity index (χ3v) is 5.82. The van der Waals surface area contributed by atoms with Gasteiger partial charge >= 0.3 is 0 Å². The maximum Gasteiger partial charge on any atom is 0.260 e. The van der Waals surface area contributed by atoms with Crippen molar-refractivity contribution in [3.05, 3.63) is 11.8 Å². The van der Waals surface area contributed by atoms with E-state index in [0.717, 1.165) is 38.6 Å². The van der Waals surface area contributed by atoms with Gasteiger partial charge in [-0.3, -0.25) is 5.10 Å². The molecule has 1 heterocycles. The van der Waals surface area contributed by atoms with Gasteiger partial charge in [-0.25, -0.2) is 8.42 Å². The van der Waals surface area contributed by atoms with Gasteiger partial charge in [0.05, 0.1) is 6.20 Å². The molecule has 1 aromatic heterocycles. The van der Waals surface area contributed by atoms with Crippen LogP contribution in [0, 0.1) is 0 Å². The zero-order valence-corrected chi connectivity index (χ0v) is 13.0. The van der Waals surface area contributed by atoms with Crippen LogP contribution in [-0.2, 0) is 16.6 Å². The van der Waals surface area contributed by atoms with Crippen LogP contribution >= 0.6 is 0 Å². The molecule has 20 heavy (non-hydrogen) atoms. The van der Waals surface area contributed by atoms with Crippen LogP contribution in [0.2, 0.25) is 0 Å². The van der Waals surface area contributed by atoms with E-state index in [1.807, 2.05) is 0 Å². The van der Waals surface area contributed by atoms with Crippen LogP contribution in [0.5, 0.6) is 0 Å². The zero-order valence-electron chi connectivity index (χ0n) is 12.2. The molecular weight excluding hydrogens is 276 g/mol. The van der Waals surface area contributed by atoms with Crippen LogP contribution in [0.25, 0.3) is 0 Å². The number of H-pyrrole nitrogens is 1. The third kappa shape index (κ3) is 3.21. The molecule has 0 spiro atoms. The normalized spacial score (nSPS) is 17.1. The van der Waals surface area contributed by atoms with E-state index in [1.165, 1.54) is 4.31 Å². The van der Waals surface area contributed by atoms with Crippen LogP contribution in [0.4, 0.5) is 0 Å². The van der Waals surface area contributed by atoms with E-state index in [9.17, 15) is 8.42 Å². The van der Waals surface area contributed by atoms with E-state index in [4.69, 9.17) is 0 Å². The minimum atomic E-state index is -3.47. The maximum absolute atomic E-state index is 12.7. The summed E-state index contributed by atoms with van der Waals surface area (Å²) in [5.74, 6) is 0. The molecule has 2 N–H and O–H groups in total. The summed E-state index contributed by atoms with van der Waals surface area (Å²) >= 11 is 0. The molecule has 0 amide bonds. The van der Waals surface area contributed by atoms with E-state index in [-0.39, 0.29) is 11.1 Å². The number of rotatable bonds is 7. The second-order valence-electron chi connectivity index (χ2n) is 5.36. The van der Waals surface area contributed by atoms with Gasteiger partial charge in [-0.15, -0.1) is 0 Å². The first-order chi connectivity index (χ1) is 9.57. The molecule has 1 aromatic rings. The Kier molecular flexibility index (Phi) is 5.17. The van der Waals surface area contributed by atoms with Gasteiger partial charge in [-0.2, -0.15) is 9.40 Å². The minimum Gasteiger partial charge on any atom is -0.313 e. The summed E-state index contributed by atoms with van der Waals surface area (Å²) in [6.07, 6.45) is 6.73. The Morgan fingerprint density at radius 3 is 2.80 bits per heavy atom. The molecule has 2 rings (SSSR count). The third-order valence-electron chi connectivity index (χ3n) is 3.90. The van der Waals surface area contributed by atoms with E-state index < -0.39 is 10.0 Å². The number of sulfonamides is 1. The quantitative estimate of drug-likeness (QED) is 0.748. The fourth-order valence-corrected chi connectivity index (χ4v) is 4.17. The standard InChI is InChI=1S/C13H24N4O2S/c1-3-8-14-9-11-10-15-16-13(11)20(18,19)17(2)12-6-4-5-7-12/h10,12,14H,3-9H2,1-2H3,(H,15,16). The summed E-state index contributed by atoms with van der Waals surface area (Å²) in [5.41, 5.74) is 0.711. The molecule has 0 radical (unpaired) electrons. The number of nitrogens with zero attached hydrogens (tertiary/aromatic N) is 2. The summed E-state index contributed by atoms with van der Waals surface area (Å²) in [4.78, 5) is 0. The Balaban J connectivity index is 2.14. The SMILES string of the molecule is CCCNCc1cn[nH]c1S(=O)(=O)N(C)C1CCCC1. The first-order valence-corrected chi connectivity index (χ1v) is 8.72. The molecule has 114 valence electrons. The van der Waals surface area contributed by atoms with Gasteiger partial charge < -0.3 is 5.32 Å². The number of hydrogen-bond donors (Lipinski definition) is 2. The average molecular weight is 300 g/mol. The Hall–Kier alpha value is -0.920. The van der Waals surface area contributed by atoms with Gasteiger partial charge in [-0.1, -0.05) is 19.8 Å². The van der Waals surface area contributed by atoms with E-state index in [0.29, 0.717) is 12.1 Å². The van der Waals surface area contributed by atoms with Crippen LogP contribution in [0.15, 0.2) is 11.2 Å². The molecular formula is C13H24N4O2S. The van der Waals surface area contributed by atoms with Crippen molar-refractivity contribution in [1.82, 2.24) is 19.8 Å². The van der Waals surface area contributed by atoms with Gasteiger partial charge in [0.1, 0.15) is 0 Å². The second kappa shape index (κ2) is 6.69. The average Bonchev–Trinajstić information content (AvgIpc) is 3.09. The molecule has 0 aromatic carbocycles. The molecule has 1 fully saturated rings. The van der Waals surface area contributed by atoms with Crippen molar-refractivity contribution < 1.29 is 8.42 Å². The van der Waals surface area contributed by atoms with Gasteiger partial charge in [0, 0.05) is 25.2 Å². The fourth-order valence-electron chi connectivity index (χ4n) is 2.66. The first-order valence-electron chi connectivity index (χ1n) is 7.28. The van der Waals surface area contributed by atoms with Crippen molar-refractivity contribution in [3.63, 3.8) is 0 Å². The number of aromatic amines is 1. The molecule has 1 saturated carbocycles. The Morgan fingerprint density at radius 1 is 1.45 bits per heavy atom. The molecule has 6 nitrogen and oxygen atoms in total. The minimum absolute atomic E-state index is 0.125. The van der Waals surface area contributed by atoms with E-state index >= 15 is 0 Å².